The summed E-state index contributed by atoms with van der Waals surface area (Å²) in [7, 11) is -3.05. The Labute approximate surface area is 200 Å². The minimum atomic E-state index is -3.05. The van der Waals surface area contributed by atoms with Crippen molar-refractivity contribution in [3.63, 3.8) is 0 Å². The maximum Gasteiger partial charge on any atom is 0.225 e. The summed E-state index contributed by atoms with van der Waals surface area (Å²) in [6, 6.07) is 0. The number of piperidine rings is 2. The van der Waals surface area contributed by atoms with Crippen molar-refractivity contribution < 1.29 is 13.2 Å². The van der Waals surface area contributed by atoms with E-state index in [9.17, 15) is 8.42 Å². The van der Waals surface area contributed by atoms with Crippen LogP contribution in [-0.4, -0.2) is 67.8 Å². The van der Waals surface area contributed by atoms with Crippen LogP contribution in [0.25, 0.3) is 0 Å². The van der Waals surface area contributed by atoms with Gasteiger partial charge >= 0.3 is 0 Å². The molecule has 186 valence electrons. The summed E-state index contributed by atoms with van der Waals surface area (Å²) in [4.78, 5) is 11.5. The first kappa shape index (κ1) is 24.9. The smallest absolute Gasteiger partial charge is 0.225 e. The van der Waals surface area contributed by atoms with Gasteiger partial charge in [-0.1, -0.05) is 20.3 Å². The Bertz CT molecular complexity index is 832. The molecule has 0 radical (unpaired) electrons. The second kappa shape index (κ2) is 11.5. The fourth-order valence-electron chi connectivity index (χ4n) is 5.62. The molecule has 1 saturated carbocycles. The average Bonchev–Trinajstić information content (AvgIpc) is 3.60. The highest BCUT2D eigenvalue weighted by Gasteiger charge is 2.43. The molecule has 1 aromatic heterocycles. The minimum Gasteiger partial charge on any atom is -0.381 e. The molecule has 0 spiro atoms. The van der Waals surface area contributed by atoms with Gasteiger partial charge in [-0.25, -0.2) is 22.7 Å². The lowest BCUT2D eigenvalue weighted by molar-refractivity contribution is 0.0684. The van der Waals surface area contributed by atoms with Gasteiger partial charge in [0, 0.05) is 51.8 Å². The molecule has 8 heteroatoms. The Morgan fingerprint density at radius 3 is 2.30 bits per heavy atom. The molecule has 3 fully saturated rings. The van der Waals surface area contributed by atoms with Crippen LogP contribution < -0.4 is 4.90 Å². The highest BCUT2D eigenvalue weighted by atomic mass is 32.2. The van der Waals surface area contributed by atoms with E-state index in [1.165, 1.54) is 24.8 Å². The van der Waals surface area contributed by atoms with Crippen molar-refractivity contribution in [3.05, 3.63) is 18.0 Å². The fourth-order valence-corrected chi connectivity index (χ4v) is 7.17. The van der Waals surface area contributed by atoms with Crippen molar-refractivity contribution in [2.24, 2.45) is 23.7 Å². The molecule has 0 aromatic carbocycles. The summed E-state index contributed by atoms with van der Waals surface area (Å²) >= 11 is 0. The molecule has 4 rings (SSSR count). The molecule has 7 nitrogen and oxygen atoms in total. The van der Waals surface area contributed by atoms with Crippen molar-refractivity contribution in [2.45, 2.75) is 65.2 Å². The van der Waals surface area contributed by atoms with E-state index < -0.39 is 10.0 Å². The first-order valence-electron chi connectivity index (χ1n) is 13.1. The molecule has 2 atom stereocenters. The van der Waals surface area contributed by atoms with Crippen LogP contribution in [-0.2, 0) is 21.2 Å². The molecule has 1 aromatic rings. The maximum absolute atomic E-state index is 12.2. The molecule has 0 unspecified atom stereocenters. The van der Waals surface area contributed by atoms with Crippen LogP contribution in [0.3, 0.4) is 0 Å². The number of ether oxygens (including phenoxy) is 1. The van der Waals surface area contributed by atoms with Crippen molar-refractivity contribution in [1.29, 1.82) is 0 Å². The zero-order valence-electron chi connectivity index (χ0n) is 20.5. The van der Waals surface area contributed by atoms with Gasteiger partial charge in [-0.05, 0) is 74.2 Å². The third kappa shape index (κ3) is 6.67. The summed E-state index contributed by atoms with van der Waals surface area (Å²) in [5.41, 5.74) is 1.23. The Morgan fingerprint density at radius 2 is 1.67 bits per heavy atom. The van der Waals surface area contributed by atoms with E-state index >= 15 is 0 Å². The van der Waals surface area contributed by atoms with Gasteiger partial charge < -0.3 is 9.64 Å². The van der Waals surface area contributed by atoms with Gasteiger partial charge in [0.15, 0.2) is 0 Å². The zero-order chi connectivity index (χ0) is 23.3. The first-order valence-corrected chi connectivity index (χ1v) is 14.7. The fraction of sp³-hybridized carbons (Fsp3) is 0.840. The third-order valence-electron chi connectivity index (χ3n) is 7.75. The van der Waals surface area contributed by atoms with Gasteiger partial charge in [-0.15, -0.1) is 0 Å². The van der Waals surface area contributed by atoms with E-state index in [2.05, 4.69) is 21.8 Å². The van der Waals surface area contributed by atoms with Crippen molar-refractivity contribution in [1.82, 2.24) is 14.3 Å². The van der Waals surface area contributed by atoms with Crippen LogP contribution in [0.15, 0.2) is 12.4 Å². The van der Waals surface area contributed by atoms with Gasteiger partial charge in [-0.2, -0.15) is 0 Å². The number of nitrogens with zero attached hydrogens (tertiary/aromatic N) is 4. The lowest BCUT2D eigenvalue weighted by Crippen LogP contribution is -2.40. The summed E-state index contributed by atoms with van der Waals surface area (Å²) in [6.45, 7) is 9.20. The van der Waals surface area contributed by atoms with Crippen molar-refractivity contribution in [2.75, 3.05) is 50.0 Å². The van der Waals surface area contributed by atoms with E-state index in [-0.39, 0.29) is 5.75 Å². The van der Waals surface area contributed by atoms with Gasteiger partial charge in [0.05, 0.1) is 5.75 Å². The molecule has 2 saturated heterocycles. The monoisotopic (exact) mass is 478 g/mol. The number of anilines is 1. The van der Waals surface area contributed by atoms with Gasteiger partial charge in [0.25, 0.3) is 0 Å². The van der Waals surface area contributed by atoms with Gasteiger partial charge in [0.1, 0.15) is 0 Å². The summed E-state index contributed by atoms with van der Waals surface area (Å²) in [5, 5.41) is 0. The average molecular weight is 479 g/mol. The Balaban J connectivity index is 1.10. The molecule has 2 aliphatic heterocycles. The number of rotatable bonds is 11. The highest BCUT2D eigenvalue weighted by Crippen LogP contribution is 2.48. The summed E-state index contributed by atoms with van der Waals surface area (Å²) < 4.78 is 32.2. The second-order valence-corrected chi connectivity index (χ2v) is 12.4. The third-order valence-corrected chi connectivity index (χ3v) is 9.83. The number of aryl methyl sites for hydroxylation is 1. The van der Waals surface area contributed by atoms with Crippen LogP contribution in [0.1, 0.15) is 64.4 Å². The van der Waals surface area contributed by atoms with Gasteiger partial charge in [0.2, 0.25) is 16.0 Å². The molecular formula is C25H42N4O3S. The van der Waals surface area contributed by atoms with E-state index in [0.29, 0.717) is 25.4 Å². The number of hydrogen-bond acceptors (Lipinski definition) is 6. The number of aromatic nitrogens is 2. The predicted molar refractivity (Wildman–Crippen MR) is 132 cm³/mol. The van der Waals surface area contributed by atoms with Crippen LogP contribution >= 0.6 is 0 Å². The van der Waals surface area contributed by atoms with Crippen LogP contribution in [0.4, 0.5) is 5.95 Å². The molecule has 0 N–H and O–H groups in total. The molecule has 3 heterocycles. The quantitative estimate of drug-likeness (QED) is 0.482. The van der Waals surface area contributed by atoms with E-state index in [1.807, 2.05) is 19.3 Å². The van der Waals surface area contributed by atoms with Crippen LogP contribution in [0, 0.1) is 23.7 Å². The Hall–Kier alpha value is -1.25. The molecule has 3 aliphatic rings. The topological polar surface area (TPSA) is 75.6 Å². The normalized spacial score (nSPS) is 25.5. The standard InChI is InChI=1S/C25H42N4O3S/c1-3-5-21-16-26-25(27-17-21)28-10-8-22(9-11-28)24-15-23(24)19-32-18-20-6-12-29(13-7-20)33(30,31)14-4-2/h16-17,20,22-24H,3-15,18-19H2,1-2H3/t23-,24+/m0/s1. The van der Waals surface area contributed by atoms with Crippen molar-refractivity contribution >= 4 is 16.0 Å². The van der Waals surface area contributed by atoms with Gasteiger partial charge in [-0.3, -0.25) is 0 Å². The molecule has 1 aliphatic carbocycles. The van der Waals surface area contributed by atoms with E-state index in [4.69, 9.17) is 4.74 Å². The largest absolute Gasteiger partial charge is 0.381 e. The number of hydrogen-bond donors (Lipinski definition) is 0. The minimum absolute atomic E-state index is 0.272. The summed E-state index contributed by atoms with van der Waals surface area (Å²) in [5.74, 6) is 4.01. The molecule has 0 amide bonds. The predicted octanol–water partition coefficient (Wildman–Crippen LogP) is 3.75. The molecule has 0 bridgehead atoms. The number of sulfonamides is 1. The molecular weight excluding hydrogens is 436 g/mol. The van der Waals surface area contributed by atoms with Crippen LogP contribution in [0.2, 0.25) is 0 Å². The SMILES string of the molecule is CCCc1cnc(N2CCC([C@H]3C[C@H]3COCC3CCN(S(=O)(=O)CCC)CC3)CC2)nc1. The Kier molecular flexibility index (Phi) is 8.63. The van der Waals surface area contributed by atoms with Crippen LogP contribution in [0.5, 0.6) is 0 Å². The lowest BCUT2D eigenvalue weighted by Gasteiger charge is -2.32. The lowest BCUT2D eigenvalue weighted by atomic mass is 9.91. The Morgan fingerprint density at radius 1 is 0.970 bits per heavy atom. The maximum atomic E-state index is 12.2. The first-order chi connectivity index (χ1) is 16.0. The van der Waals surface area contributed by atoms with E-state index in [1.54, 1.807) is 4.31 Å². The second-order valence-electron chi connectivity index (χ2n) is 10.3. The molecule has 33 heavy (non-hydrogen) atoms. The zero-order valence-corrected chi connectivity index (χ0v) is 21.3. The highest BCUT2D eigenvalue weighted by molar-refractivity contribution is 7.89. The summed E-state index contributed by atoms with van der Waals surface area (Å²) in [6.07, 6.45) is 12.5. The van der Waals surface area contributed by atoms with E-state index in [0.717, 1.165) is 75.7 Å². The van der Waals surface area contributed by atoms with Crippen molar-refractivity contribution in [3.8, 4) is 0 Å².